The summed E-state index contributed by atoms with van der Waals surface area (Å²) in [6, 6.07) is 2.02. The molecule has 9 heteroatoms. The van der Waals surface area contributed by atoms with Gasteiger partial charge in [0.2, 0.25) is 11.8 Å². The summed E-state index contributed by atoms with van der Waals surface area (Å²) in [7, 11) is 3.68. The monoisotopic (exact) mass is 402 g/mol. The average Bonchev–Trinajstić information content (AvgIpc) is 3.36. The highest BCUT2D eigenvalue weighted by molar-refractivity contribution is 6.27. The van der Waals surface area contributed by atoms with E-state index < -0.39 is 0 Å². The van der Waals surface area contributed by atoms with Gasteiger partial charge in [-0.25, -0.2) is 9.50 Å². The number of ether oxygens (including phenoxy) is 1. The van der Waals surface area contributed by atoms with Crippen LogP contribution in [0.4, 0.5) is 0 Å². The Morgan fingerprint density at radius 3 is 2.96 bits per heavy atom. The van der Waals surface area contributed by atoms with E-state index in [0.29, 0.717) is 5.88 Å². The summed E-state index contributed by atoms with van der Waals surface area (Å²) in [4.78, 5) is 18.4. The van der Waals surface area contributed by atoms with Crippen LogP contribution in [-0.4, -0.2) is 60.3 Å². The topological polar surface area (TPSA) is 77.6 Å². The number of aryl methyl sites for hydroxylation is 1. The molecule has 0 aliphatic heterocycles. The van der Waals surface area contributed by atoms with E-state index in [1.54, 1.807) is 26.5 Å². The van der Waals surface area contributed by atoms with Gasteiger partial charge in [-0.2, -0.15) is 10.2 Å². The molecule has 0 aromatic carbocycles. The van der Waals surface area contributed by atoms with Crippen LogP contribution in [0.25, 0.3) is 16.8 Å². The molecule has 0 N–H and O–H groups in total. The lowest BCUT2D eigenvalue weighted by atomic mass is 9.92. The van der Waals surface area contributed by atoms with Crippen LogP contribution in [0.3, 0.4) is 0 Å². The van der Waals surface area contributed by atoms with E-state index in [-0.39, 0.29) is 23.9 Å². The van der Waals surface area contributed by atoms with Gasteiger partial charge in [-0.05, 0) is 25.3 Å². The van der Waals surface area contributed by atoms with Crippen molar-refractivity contribution in [3.05, 3.63) is 30.9 Å². The van der Waals surface area contributed by atoms with E-state index >= 15 is 0 Å². The molecule has 148 valence electrons. The van der Waals surface area contributed by atoms with Crippen molar-refractivity contribution in [3.8, 4) is 17.1 Å². The van der Waals surface area contributed by atoms with Gasteiger partial charge in [-0.1, -0.05) is 0 Å². The van der Waals surface area contributed by atoms with Crippen molar-refractivity contribution < 1.29 is 9.53 Å². The number of fused-ring (bicyclic) bond motifs is 1. The first-order chi connectivity index (χ1) is 13.5. The number of hydrogen-bond donors (Lipinski definition) is 0. The minimum atomic E-state index is -0.0535. The summed E-state index contributed by atoms with van der Waals surface area (Å²) in [5.74, 6) is 0.502. The third kappa shape index (κ3) is 3.69. The number of nitrogens with zero attached hydrogens (tertiary/aromatic N) is 6. The summed E-state index contributed by atoms with van der Waals surface area (Å²) in [5, 5.41) is 8.56. The highest BCUT2D eigenvalue weighted by Gasteiger charge is 2.29. The molecule has 0 unspecified atom stereocenters. The summed E-state index contributed by atoms with van der Waals surface area (Å²) >= 11 is 5.71. The molecule has 3 heterocycles. The number of amides is 1. The minimum Gasteiger partial charge on any atom is -0.473 e. The van der Waals surface area contributed by atoms with Crippen LogP contribution in [0, 0.1) is 0 Å². The second kappa shape index (κ2) is 7.79. The number of alkyl halides is 1. The van der Waals surface area contributed by atoms with E-state index in [2.05, 4.69) is 10.2 Å². The molecule has 8 nitrogen and oxygen atoms in total. The van der Waals surface area contributed by atoms with Gasteiger partial charge < -0.3 is 9.64 Å². The van der Waals surface area contributed by atoms with E-state index in [1.807, 2.05) is 32.6 Å². The minimum absolute atomic E-state index is 0.00365. The van der Waals surface area contributed by atoms with Gasteiger partial charge >= 0.3 is 0 Å². The molecule has 0 saturated heterocycles. The predicted octanol–water partition coefficient (Wildman–Crippen LogP) is 2.52. The third-order valence-electron chi connectivity index (χ3n) is 5.29. The fourth-order valence-electron chi connectivity index (χ4n) is 3.71. The summed E-state index contributed by atoms with van der Waals surface area (Å²) < 4.78 is 9.83. The summed E-state index contributed by atoms with van der Waals surface area (Å²) in [5.41, 5.74) is 2.47. The molecule has 0 spiro atoms. The highest BCUT2D eigenvalue weighted by Crippen LogP contribution is 2.29. The smallest absolute Gasteiger partial charge is 0.240 e. The van der Waals surface area contributed by atoms with Gasteiger partial charge in [-0.15, -0.1) is 11.6 Å². The fourth-order valence-corrected chi connectivity index (χ4v) is 3.90. The second-order valence-corrected chi connectivity index (χ2v) is 7.46. The van der Waals surface area contributed by atoms with Crippen molar-refractivity contribution >= 4 is 23.0 Å². The Morgan fingerprint density at radius 1 is 1.36 bits per heavy atom. The molecule has 1 aliphatic carbocycles. The molecule has 0 radical (unpaired) electrons. The molecule has 4 rings (SSSR count). The number of aromatic nitrogens is 5. The van der Waals surface area contributed by atoms with Gasteiger partial charge in [0.25, 0.3) is 0 Å². The van der Waals surface area contributed by atoms with Gasteiger partial charge in [0, 0.05) is 38.3 Å². The predicted molar refractivity (Wildman–Crippen MR) is 105 cm³/mol. The van der Waals surface area contributed by atoms with Crippen LogP contribution < -0.4 is 4.74 Å². The van der Waals surface area contributed by atoms with Crippen molar-refractivity contribution in [2.75, 3.05) is 12.9 Å². The molecular formula is C19H23ClN6O2. The number of hydrogen-bond acceptors (Lipinski definition) is 5. The Kier molecular flexibility index (Phi) is 5.21. The Hall–Kier alpha value is -2.61. The Labute approximate surface area is 168 Å². The fraction of sp³-hybridized carbons (Fsp3) is 0.474. The van der Waals surface area contributed by atoms with Crippen LogP contribution in [0.5, 0.6) is 5.88 Å². The van der Waals surface area contributed by atoms with Crippen LogP contribution in [0.2, 0.25) is 0 Å². The van der Waals surface area contributed by atoms with Crippen LogP contribution in [-0.2, 0) is 11.8 Å². The molecule has 2 atom stereocenters. The molecule has 28 heavy (non-hydrogen) atoms. The Morgan fingerprint density at radius 2 is 2.21 bits per heavy atom. The zero-order valence-corrected chi connectivity index (χ0v) is 16.7. The third-order valence-corrected chi connectivity index (χ3v) is 5.52. The number of rotatable bonds is 5. The SMILES string of the molecule is CN(C(=O)CCl)[C@H]1CCC[C@@H](Oc2nc(-c3cnn(C)c3)cn3nccc23)C1. The van der Waals surface area contributed by atoms with Crippen molar-refractivity contribution in [2.45, 2.75) is 37.8 Å². The normalized spacial score (nSPS) is 19.7. The van der Waals surface area contributed by atoms with Crippen molar-refractivity contribution in [1.29, 1.82) is 0 Å². The zero-order valence-electron chi connectivity index (χ0n) is 16.0. The van der Waals surface area contributed by atoms with Crippen molar-refractivity contribution in [2.24, 2.45) is 7.05 Å². The molecule has 3 aromatic rings. The first-order valence-corrected chi connectivity index (χ1v) is 9.90. The second-order valence-electron chi connectivity index (χ2n) is 7.19. The first kappa shape index (κ1) is 18.7. The molecule has 1 amide bonds. The largest absolute Gasteiger partial charge is 0.473 e. The lowest BCUT2D eigenvalue weighted by Gasteiger charge is -2.35. The number of halogens is 1. The zero-order chi connectivity index (χ0) is 19.7. The lowest BCUT2D eigenvalue weighted by Crippen LogP contribution is -2.43. The molecule has 3 aromatic heterocycles. The van der Waals surface area contributed by atoms with Crippen molar-refractivity contribution in [3.63, 3.8) is 0 Å². The summed E-state index contributed by atoms with van der Waals surface area (Å²) in [6.07, 6.45) is 10.9. The van der Waals surface area contributed by atoms with Gasteiger partial charge in [0.05, 0.1) is 24.3 Å². The quantitative estimate of drug-likeness (QED) is 0.613. The molecule has 1 saturated carbocycles. The van der Waals surface area contributed by atoms with E-state index in [1.165, 1.54) is 0 Å². The Balaban J connectivity index is 1.58. The maximum absolute atomic E-state index is 11.9. The maximum atomic E-state index is 11.9. The highest BCUT2D eigenvalue weighted by atomic mass is 35.5. The number of carbonyl (C=O) groups is 1. The van der Waals surface area contributed by atoms with E-state index in [9.17, 15) is 4.79 Å². The molecule has 0 bridgehead atoms. The van der Waals surface area contributed by atoms with Crippen LogP contribution in [0.1, 0.15) is 25.7 Å². The average molecular weight is 403 g/mol. The van der Waals surface area contributed by atoms with Gasteiger partial charge in [0.1, 0.15) is 17.5 Å². The molecule has 1 fully saturated rings. The number of carbonyl (C=O) groups excluding carboxylic acids is 1. The lowest BCUT2D eigenvalue weighted by molar-refractivity contribution is -0.130. The standard InChI is InChI=1S/C19H23ClN6O2/c1-24-11-13(10-22-24)16-12-26-17(6-7-21-26)19(23-16)28-15-5-3-4-14(8-15)25(2)18(27)9-20/h6-7,10-12,14-15H,3-5,8-9H2,1-2H3/t14-,15+/m0/s1. The van der Waals surface area contributed by atoms with Crippen LogP contribution in [0.15, 0.2) is 30.9 Å². The maximum Gasteiger partial charge on any atom is 0.240 e. The Bertz CT molecular complexity index is 984. The van der Waals surface area contributed by atoms with E-state index in [0.717, 1.165) is 42.5 Å². The van der Waals surface area contributed by atoms with Crippen molar-refractivity contribution in [1.82, 2.24) is 29.3 Å². The molecule has 1 aliphatic rings. The first-order valence-electron chi connectivity index (χ1n) is 9.37. The van der Waals surface area contributed by atoms with E-state index in [4.69, 9.17) is 21.3 Å². The summed E-state index contributed by atoms with van der Waals surface area (Å²) in [6.45, 7) is 0. The van der Waals surface area contributed by atoms with Gasteiger partial charge in [-0.3, -0.25) is 9.48 Å². The van der Waals surface area contributed by atoms with Gasteiger partial charge in [0.15, 0.2) is 0 Å². The molecular weight excluding hydrogens is 380 g/mol. The van der Waals surface area contributed by atoms with Crippen LogP contribution >= 0.6 is 11.6 Å².